The van der Waals surface area contributed by atoms with Crippen LogP contribution in [0.1, 0.15) is 10.5 Å². The average molecular weight is 391 g/mol. The third kappa shape index (κ3) is 4.72. The molecule has 2 aromatic rings. The first-order valence-corrected chi connectivity index (χ1v) is 10.2. The predicted octanol–water partition coefficient (Wildman–Crippen LogP) is -0.403. The van der Waals surface area contributed by atoms with Crippen molar-refractivity contribution in [2.24, 2.45) is 0 Å². The number of piperazine rings is 1. The van der Waals surface area contributed by atoms with Crippen molar-refractivity contribution in [2.45, 2.75) is 0 Å². The molecule has 10 heteroatoms. The van der Waals surface area contributed by atoms with Gasteiger partial charge in [-0.2, -0.15) is 9.04 Å². The summed E-state index contributed by atoms with van der Waals surface area (Å²) >= 11 is 0. The zero-order valence-corrected chi connectivity index (χ0v) is 15.5. The number of carbonyl (C=O) groups excluding carboxylic acids is 1. The number of nitrogens with zero attached hydrogens (tertiary/aromatic N) is 4. The number of hydrogen-bond donors (Lipinski definition) is 1. The Labute approximate surface area is 157 Å². The van der Waals surface area contributed by atoms with E-state index in [0.29, 0.717) is 30.9 Å². The highest BCUT2D eigenvalue weighted by Crippen LogP contribution is 2.14. The van der Waals surface area contributed by atoms with Gasteiger partial charge in [0.05, 0.1) is 5.75 Å². The smallest absolute Gasteiger partial charge is 0.317 e. The topological polar surface area (TPSA) is 110 Å². The second-order valence-corrected chi connectivity index (χ2v) is 8.15. The lowest BCUT2D eigenvalue weighted by molar-refractivity contribution is -0.607. The van der Waals surface area contributed by atoms with Gasteiger partial charge >= 0.3 is 5.91 Å². The van der Waals surface area contributed by atoms with Crippen LogP contribution in [0.15, 0.2) is 48.8 Å². The van der Waals surface area contributed by atoms with Crippen LogP contribution in [0, 0.1) is 5.21 Å². The maximum atomic E-state index is 12.5. The van der Waals surface area contributed by atoms with Gasteiger partial charge in [0.25, 0.3) is 5.69 Å². The molecule has 3 rings (SSSR count). The molecule has 0 radical (unpaired) electrons. The first-order chi connectivity index (χ1) is 13.0. The SMILES string of the molecule is O=C(NCCS(=O)(=O)N1CCN(c2ccccn2)CC1)c1cccc[n+]1[O-]. The summed E-state index contributed by atoms with van der Waals surface area (Å²) in [4.78, 5) is 18.3. The van der Waals surface area contributed by atoms with Gasteiger partial charge in [-0.05, 0) is 18.2 Å². The summed E-state index contributed by atoms with van der Waals surface area (Å²) in [5.41, 5.74) is -0.0705. The number of hydrogen-bond acceptors (Lipinski definition) is 6. The van der Waals surface area contributed by atoms with Crippen molar-refractivity contribution in [1.29, 1.82) is 0 Å². The third-order valence-corrected chi connectivity index (χ3v) is 6.18. The van der Waals surface area contributed by atoms with Crippen molar-refractivity contribution in [3.63, 3.8) is 0 Å². The number of sulfonamides is 1. The molecule has 27 heavy (non-hydrogen) atoms. The van der Waals surface area contributed by atoms with E-state index in [0.717, 1.165) is 5.82 Å². The van der Waals surface area contributed by atoms with Crippen LogP contribution in [0.3, 0.4) is 0 Å². The van der Waals surface area contributed by atoms with Crippen LogP contribution in [0.2, 0.25) is 0 Å². The monoisotopic (exact) mass is 391 g/mol. The van der Waals surface area contributed by atoms with Gasteiger partial charge in [0, 0.05) is 51.1 Å². The quantitative estimate of drug-likeness (QED) is 0.530. The molecule has 0 bridgehead atoms. The van der Waals surface area contributed by atoms with E-state index >= 15 is 0 Å². The first-order valence-electron chi connectivity index (χ1n) is 8.57. The van der Waals surface area contributed by atoms with Crippen LogP contribution < -0.4 is 14.9 Å². The van der Waals surface area contributed by atoms with Crippen molar-refractivity contribution in [3.05, 3.63) is 59.7 Å². The molecule has 2 aromatic heterocycles. The Bertz CT molecular complexity index is 883. The minimum Gasteiger partial charge on any atom is -0.618 e. The van der Waals surface area contributed by atoms with Crippen LogP contribution in [-0.2, 0) is 10.0 Å². The molecule has 0 spiro atoms. The maximum absolute atomic E-state index is 12.5. The largest absolute Gasteiger partial charge is 0.618 e. The van der Waals surface area contributed by atoms with Crippen LogP contribution in [0.4, 0.5) is 5.82 Å². The summed E-state index contributed by atoms with van der Waals surface area (Å²) in [5, 5.41) is 14.0. The molecule has 1 amide bonds. The Morgan fingerprint density at radius 1 is 1.15 bits per heavy atom. The fourth-order valence-electron chi connectivity index (χ4n) is 2.85. The Kier molecular flexibility index (Phi) is 5.87. The van der Waals surface area contributed by atoms with E-state index in [9.17, 15) is 18.4 Å². The summed E-state index contributed by atoms with van der Waals surface area (Å²) in [6, 6.07) is 10.1. The second-order valence-electron chi connectivity index (χ2n) is 6.06. The Morgan fingerprint density at radius 3 is 2.56 bits per heavy atom. The third-order valence-electron chi connectivity index (χ3n) is 4.31. The highest BCUT2D eigenvalue weighted by atomic mass is 32.2. The van der Waals surface area contributed by atoms with Crippen molar-refractivity contribution in [1.82, 2.24) is 14.6 Å². The van der Waals surface area contributed by atoms with Gasteiger partial charge in [0.1, 0.15) is 5.82 Å². The minimum atomic E-state index is -3.49. The van der Waals surface area contributed by atoms with Crippen molar-refractivity contribution in [2.75, 3.05) is 43.4 Å². The van der Waals surface area contributed by atoms with E-state index in [2.05, 4.69) is 10.3 Å². The lowest BCUT2D eigenvalue weighted by Crippen LogP contribution is -2.50. The van der Waals surface area contributed by atoms with Gasteiger partial charge < -0.3 is 15.4 Å². The van der Waals surface area contributed by atoms with Gasteiger partial charge in [-0.1, -0.05) is 6.07 Å². The van der Waals surface area contributed by atoms with Gasteiger partial charge in [0.15, 0.2) is 6.20 Å². The standard InChI is InChI=1S/C17H21N5O4S/c23-17(15-5-2-4-9-22(15)24)19-8-14-27(25,26)21-12-10-20(11-13-21)16-6-1-3-7-18-16/h1-7,9H,8,10-14H2,(H,19,23). The summed E-state index contributed by atoms with van der Waals surface area (Å²) in [6.45, 7) is 1.79. The fourth-order valence-corrected chi connectivity index (χ4v) is 4.19. The summed E-state index contributed by atoms with van der Waals surface area (Å²) < 4.78 is 26.8. The Balaban J connectivity index is 1.49. The molecule has 1 aliphatic heterocycles. The number of nitrogens with one attached hydrogen (secondary N) is 1. The van der Waals surface area contributed by atoms with Gasteiger partial charge in [-0.25, -0.2) is 13.4 Å². The molecule has 0 saturated carbocycles. The molecule has 9 nitrogen and oxygen atoms in total. The lowest BCUT2D eigenvalue weighted by Gasteiger charge is -2.34. The van der Waals surface area contributed by atoms with Crippen molar-refractivity contribution < 1.29 is 17.9 Å². The van der Waals surface area contributed by atoms with Crippen LogP contribution in [0.5, 0.6) is 0 Å². The molecule has 1 aliphatic rings. The average Bonchev–Trinajstić information content (AvgIpc) is 2.69. The molecule has 0 aliphatic carbocycles. The summed E-state index contributed by atoms with van der Waals surface area (Å²) in [6.07, 6.45) is 2.92. The summed E-state index contributed by atoms with van der Waals surface area (Å²) in [7, 11) is -3.49. The number of anilines is 1. The Hall–Kier alpha value is -2.72. The maximum Gasteiger partial charge on any atom is 0.317 e. The molecule has 0 atom stereocenters. The molecule has 1 N–H and O–H groups in total. The molecule has 0 aromatic carbocycles. The molecule has 1 saturated heterocycles. The zero-order valence-electron chi connectivity index (χ0n) is 14.7. The van der Waals surface area contributed by atoms with Crippen LogP contribution >= 0.6 is 0 Å². The van der Waals surface area contributed by atoms with E-state index in [1.165, 1.54) is 22.6 Å². The lowest BCUT2D eigenvalue weighted by atomic mass is 10.3. The predicted molar refractivity (Wildman–Crippen MR) is 99.5 cm³/mol. The number of rotatable bonds is 6. The highest BCUT2D eigenvalue weighted by molar-refractivity contribution is 7.89. The zero-order chi connectivity index (χ0) is 19.3. The van der Waals surface area contributed by atoms with Gasteiger partial charge in [0.2, 0.25) is 10.0 Å². The fraction of sp³-hybridized carbons (Fsp3) is 0.353. The number of pyridine rings is 2. The van der Waals surface area contributed by atoms with E-state index in [1.807, 2.05) is 23.1 Å². The molecule has 3 heterocycles. The molecule has 1 fully saturated rings. The minimum absolute atomic E-state index is 0.0590. The highest BCUT2D eigenvalue weighted by Gasteiger charge is 2.27. The van der Waals surface area contributed by atoms with Crippen molar-refractivity contribution in [3.8, 4) is 0 Å². The number of aromatic nitrogens is 2. The number of carbonyl (C=O) groups is 1. The van der Waals surface area contributed by atoms with Crippen molar-refractivity contribution >= 4 is 21.7 Å². The van der Waals surface area contributed by atoms with Crippen LogP contribution in [0.25, 0.3) is 0 Å². The molecule has 144 valence electrons. The van der Waals surface area contributed by atoms with Gasteiger partial charge in [-0.15, -0.1) is 0 Å². The molecular weight excluding hydrogens is 370 g/mol. The van der Waals surface area contributed by atoms with E-state index in [4.69, 9.17) is 0 Å². The summed E-state index contributed by atoms with van der Waals surface area (Å²) in [5.74, 6) is 0.0185. The van der Waals surface area contributed by atoms with Gasteiger partial charge in [-0.3, -0.25) is 4.79 Å². The van der Waals surface area contributed by atoms with Crippen LogP contribution in [-0.4, -0.2) is 62.1 Å². The van der Waals surface area contributed by atoms with E-state index in [-0.39, 0.29) is 18.0 Å². The molecular formula is C17H21N5O4S. The van der Waals surface area contributed by atoms with E-state index in [1.54, 1.807) is 12.3 Å². The Morgan fingerprint density at radius 2 is 1.89 bits per heavy atom. The second kappa shape index (κ2) is 8.31. The molecule has 0 unspecified atom stereocenters. The normalized spacial score (nSPS) is 15.5. The van der Waals surface area contributed by atoms with E-state index < -0.39 is 15.9 Å². The number of amides is 1. The first kappa shape index (κ1) is 19.1.